The third-order valence-electron chi connectivity index (χ3n) is 6.33. The van der Waals surface area contributed by atoms with E-state index < -0.39 is 26.6 Å². The SMILES string of the molecule is CC1CCCC(NCC(=O)N2CCN(S(=O)(=O)c3c(F)cccc3F)CC2)C1C. The molecular weight excluding hydrogens is 400 g/mol. The van der Waals surface area contributed by atoms with Gasteiger partial charge in [-0.3, -0.25) is 4.79 Å². The van der Waals surface area contributed by atoms with Crippen molar-refractivity contribution < 1.29 is 22.0 Å². The lowest BCUT2D eigenvalue weighted by Gasteiger charge is -2.36. The predicted molar refractivity (Wildman–Crippen MR) is 106 cm³/mol. The smallest absolute Gasteiger partial charge is 0.249 e. The molecule has 3 atom stereocenters. The Kier molecular flexibility index (Phi) is 6.90. The molecule has 2 aliphatic rings. The van der Waals surface area contributed by atoms with Crippen LogP contribution in [0.3, 0.4) is 0 Å². The van der Waals surface area contributed by atoms with E-state index in [0.717, 1.165) is 35.3 Å². The van der Waals surface area contributed by atoms with E-state index in [1.807, 2.05) is 0 Å². The number of amides is 1. The van der Waals surface area contributed by atoms with Crippen molar-refractivity contribution in [3.05, 3.63) is 29.8 Å². The average molecular weight is 430 g/mol. The molecule has 1 N–H and O–H groups in total. The van der Waals surface area contributed by atoms with E-state index in [9.17, 15) is 22.0 Å². The van der Waals surface area contributed by atoms with Crippen LogP contribution in [-0.4, -0.2) is 62.3 Å². The Morgan fingerprint density at radius 3 is 2.34 bits per heavy atom. The van der Waals surface area contributed by atoms with Gasteiger partial charge in [0, 0.05) is 32.2 Å². The van der Waals surface area contributed by atoms with Crippen LogP contribution in [0.15, 0.2) is 23.1 Å². The highest BCUT2D eigenvalue weighted by atomic mass is 32.2. The number of nitrogens with zero attached hydrogens (tertiary/aromatic N) is 2. The van der Waals surface area contributed by atoms with Gasteiger partial charge in [-0.2, -0.15) is 4.31 Å². The molecule has 2 fully saturated rings. The van der Waals surface area contributed by atoms with Crippen LogP contribution in [-0.2, 0) is 14.8 Å². The van der Waals surface area contributed by atoms with Crippen LogP contribution in [0, 0.1) is 23.5 Å². The van der Waals surface area contributed by atoms with E-state index in [4.69, 9.17) is 0 Å². The molecule has 0 aromatic heterocycles. The zero-order valence-corrected chi connectivity index (χ0v) is 17.7. The van der Waals surface area contributed by atoms with Crippen molar-refractivity contribution in [3.63, 3.8) is 0 Å². The summed E-state index contributed by atoms with van der Waals surface area (Å²) in [6, 6.07) is 3.29. The molecule has 1 saturated carbocycles. The summed E-state index contributed by atoms with van der Waals surface area (Å²) in [4.78, 5) is 13.2. The molecule has 1 aromatic carbocycles. The van der Waals surface area contributed by atoms with Crippen molar-refractivity contribution in [2.75, 3.05) is 32.7 Å². The van der Waals surface area contributed by atoms with Crippen LogP contribution in [0.2, 0.25) is 0 Å². The van der Waals surface area contributed by atoms with Crippen LogP contribution >= 0.6 is 0 Å². The van der Waals surface area contributed by atoms with Crippen molar-refractivity contribution in [1.82, 2.24) is 14.5 Å². The molecule has 3 rings (SSSR count). The summed E-state index contributed by atoms with van der Waals surface area (Å²) in [6.45, 7) is 5.09. The Morgan fingerprint density at radius 1 is 1.10 bits per heavy atom. The second kappa shape index (κ2) is 9.06. The number of hydrogen-bond acceptors (Lipinski definition) is 4. The maximum absolute atomic E-state index is 13.9. The maximum Gasteiger partial charge on any atom is 0.249 e. The van der Waals surface area contributed by atoms with Crippen molar-refractivity contribution in [2.24, 2.45) is 11.8 Å². The van der Waals surface area contributed by atoms with Gasteiger partial charge in [0.2, 0.25) is 15.9 Å². The normalized spacial score (nSPS) is 26.5. The van der Waals surface area contributed by atoms with E-state index in [1.165, 1.54) is 6.42 Å². The highest BCUT2D eigenvalue weighted by Gasteiger charge is 2.34. The van der Waals surface area contributed by atoms with Crippen LogP contribution < -0.4 is 5.32 Å². The third kappa shape index (κ3) is 4.78. The summed E-state index contributed by atoms with van der Waals surface area (Å²) >= 11 is 0. The summed E-state index contributed by atoms with van der Waals surface area (Å²) in [5, 5.41) is 3.36. The molecule has 1 heterocycles. The Morgan fingerprint density at radius 2 is 1.72 bits per heavy atom. The van der Waals surface area contributed by atoms with Crippen molar-refractivity contribution >= 4 is 15.9 Å². The number of piperazine rings is 1. The molecule has 162 valence electrons. The molecule has 6 nitrogen and oxygen atoms in total. The summed E-state index contributed by atoms with van der Waals surface area (Å²) < 4.78 is 54.2. The summed E-state index contributed by atoms with van der Waals surface area (Å²) in [5.41, 5.74) is 0. The van der Waals surface area contributed by atoms with Crippen LogP contribution in [0.5, 0.6) is 0 Å². The lowest BCUT2D eigenvalue weighted by molar-refractivity contribution is -0.131. The van der Waals surface area contributed by atoms with Gasteiger partial charge >= 0.3 is 0 Å². The van der Waals surface area contributed by atoms with E-state index in [1.54, 1.807) is 4.90 Å². The van der Waals surface area contributed by atoms with Gasteiger partial charge in [-0.1, -0.05) is 32.8 Å². The number of sulfonamides is 1. The monoisotopic (exact) mass is 429 g/mol. The van der Waals surface area contributed by atoms with Gasteiger partial charge in [-0.25, -0.2) is 17.2 Å². The lowest BCUT2D eigenvalue weighted by atomic mass is 9.78. The van der Waals surface area contributed by atoms with Gasteiger partial charge in [0.25, 0.3) is 0 Å². The predicted octanol–water partition coefficient (Wildman–Crippen LogP) is 2.21. The molecule has 0 bridgehead atoms. The number of carbonyl (C=O) groups excluding carboxylic acids is 1. The molecule has 1 aliphatic heterocycles. The number of carbonyl (C=O) groups is 1. The first kappa shape index (κ1) is 22.1. The Bertz CT molecular complexity index is 821. The standard InChI is InChI=1S/C20H29F2N3O3S/c1-14-5-3-8-18(15(14)2)23-13-19(26)24-9-11-25(12-10-24)29(27,28)20-16(21)6-4-7-17(20)22/h4,6-7,14-15,18,23H,3,5,8-13H2,1-2H3. The van der Waals surface area contributed by atoms with E-state index in [0.29, 0.717) is 17.9 Å². The first-order valence-corrected chi connectivity index (χ1v) is 11.6. The topological polar surface area (TPSA) is 69.7 Å². The first-order chi connectivity index (χ1) is 13.7. The number of halogens is 2. The fourth-order valence-electron chi connectivity index (χ4n) is 4.24. The number of nitrogens with one attached hydrogen (secondary N) is 1. The van der Waals surface area contributed by atoms with E-state index in [2.05, 4.69) is 19.2 Å². The largest absolute Gasteiger partial charge is 0.339 e. The average Bonchev–Trinajstić information content (AvgIpc) is 2.68. The minimum absolute atomic E-state index is 0.0126. The summed E-state index contributed by atoms with van der Waals surface area (Å²) in [7, 11) is -4.29. The van der Waals surface area contributed by atoms with Crippen LogP contribution in [0.25, 0.3) is 0 Å². The second-order valence-electron chi connectivity index (χ2n) is 8.09. The first-order valence-electron chi connectivity index (χ1n) is 10.2. The molecule has 29 heavy (non-hydrogen) atoms. The lowest BCUT2D eigenvalue weighted by Crippen LogP contribution is -2.53. The van der Waals surface area contributed by atoms with E-state index >= 15 is 0 Å². The molecular formula is C20H29F2N3O3S. The highest BCUT2D eigenvalue weighted by molar-refractivity contribution is 7.89. The molecule has 1 saturated heterocycles. The molecule has 9 heteroatoms. The van der Waals surface area contributed by atoms with Crippen LogP contribution in [0.1, 0.15) is 33.1 Å². The Labute approximate surface area is 171 Å². The van der Waals surface area contributed by atoms with Gasteiger partial charge < -0.3 is 10.2 Å². The fourth-order valence-corrected chi connectivity index (χ4v) is 5.77. The zero-order chi connectivity index (χ0) is 21.2. The number of hydrogen-bond donors (Lipinski definition) is 1. The minimum Gasteiger partial charge on any atom is -0.339 e. The third-order valence-corrected chi connectivity index (χ3v) is 8.28. The highest BCUT2D eigenvalue weighted by Crippen LogP contribution is 2.29. The zero-order valence-electron chi connectivity index (χ0n) is 16.9. The van der Waals surface area contributed by atoms with Gasteiger partial charge in [-0.15, -0.1) is 0 Å². The van der Waals surface area contributed by atoms with Crippen molar-refractivity contribution in [1.29, 1.82) is 0 Å². The van der Waals surface area contributed by atoms with Gasteiger partial charge in [0.15, 0.2) is 4.90 Å². The fraction of sp³-hybridized carbons (Fsp3) is 0.650. The van der Waals surface area contributed by atoms with Crippen molar-refractivity contribution in [3.8, 4) is 0 Å². The number of rotatable bonds is 5. The maximum atomic E-state index is 13.9. The molecule has 0 radical (unpaired) electrons. The number of benzene rings is 1. The van der Waals surface area contributed by atoms with Crippen molar-refractivity contribution in [2.45, 2.75) is 44.0 Å². The molecule has 1 aliphatic carbocycles. The Balaban J connectivity index is 1.55. The molecule has 1 amide bonds. The molecule has 1 aromatic rings. The molecule has 3 unspecified atom stereocenters. The summed E-state index contributed by atoms with van der Waals surface area (Å²) in [6.07, 6.45) is 3.42. The van der Waals surface area contributed by atoms with Gasteiger partial charge in [0.1, 0.15) is 11.6 Å². The van der Waals surface area contributed by atoms with E-state index in [-0.39, 0.29) is 38.6 Å². The minimum atomic E-state index is -4.29. The molecule has 0 spiro atoms. The Hall–Kier alpha value is -1.58. The van der Waals surface area contributed by atoms with Crippen LogP contribution in [0.4, 0.5) is 8.78 Å². The van der Waals surface area contributed by atoms with Gasteiger partial charge in [0.05, 0.1) is 6.54 Å². The van der Waals surface area contributed by atoms with Gasteiger partial charge in [-0.05, 0) is 30.4 Å². The summed E-state index contributed by atoms with van der Waals surface area (Å²) in [5.74, 6) is -1.16. The quantitative estimate of drug-likeness (QED) is 0.779. The second-order valence-corrected chi connectivity index (χ2v) is 9.97.